The van der Waals surface area contributed by atoms with Crippen molar-refractivity contribution in [3.8, 4) is 0 Å². The first-order valence-electron chi connectivity index (χ1n) is 8.45. The number of rotatable bonds is 8. The molecule has 21 heavy (non-hydrogen) atoms. The van der Waals surface area contributed by atoms with Crippen LogP contribution in [0.5, 0.6) is 0 Å². The molecule has 1 amide bonds. The summed E-state index contributed by atoms with van der Waals surface area (Å²) in [5.74, 6) is 0.174. The van der Waals surface area contributed by atoms with Crippen molar-refractivity contribution < 1.29 is 9.53 Å². The van der Waals surface area contributed by atoms with E-state index in [1.165, 1.54) is 12.8 Å². The molecule has 3 atom stereocenters. The van der Waals surface area contributed by atoms with Crippen LogP contribution in [0.2, 0.25) is 0 Å². The Balaban J connectivity index is 1.86. The van der Waals surface area contributed by atoms with Gasteiger partial charge in [0.2, 0.25) is 5.91 Å². The summed E-state index contributed by atoms with van der Waals surface area (Å²) in [5, 5.41) is 3.22. The number of primary amides is 1. The highest BCUT2D eigenvalue weighted by atomic mass is 16.5. The summed E-state index contributed by atoms with van der Waals surface area (Å²) < 4.78 is 5.73. The van der Waals surface area contributed by atoms with Crippen LogP contribution in [0.1, 0.15) is 45.4 Å². The predicted octanol–water partition coefficient (Wildman–Crippen LogP) is 1.12. The van der Waals surface area contributed by atoms with Gasteiger partial charge in [-0.3, -0.25) is 4.79 Å². The molecule has 2 aliphatic rings. The van der Waals surface area contributed by atoms with Crippen molar-refractivity contribution in [2.24, 2.45) is 11.7 Å². The molecule has 2 fully saturated rings. The minimum Gasteiger partial charge on any atom is -0.377 e. The third-order valence-electron chi connectivity index (χ3n) is 5.43. The molecule has 1 heterocycles. The van der Waals surface area contributed by atoms with Gasteiger partial charge in [-0.05, 0) is 58.2 Å². The minimum atomic E-state index is -0.483. The average molecular weight is 297 g/mol. The van der Waals surface area contributed by atoms with Crippen molar-refractivity contribution in [3.63, 3.8) is 0 Å². The number of carbonyl (C=O) groups excluding carboxylic acids is 1. The highest BCUT2D eigenvalue weighted by Crippen LogP contribution is 2.37. The average Bonchev–Trinajstić information content (AvgIpc) is 3.12. The first-order chi connectivity index (χ1) is 10.1. The summed E-state index contributed by atoms with van der Waals surface area (Å²) in [6.07, 6.45) is 6.87. The molecule has 2 rings (SSSR count). The fourth-order valence-corrected chi connectivity index (χ4v) is 4.04. The molecule has 1 aliphatic heterocycles. The molecule has 0 aromatic rings. The van der Waals surface area contributed by atoms with Crippen LogP contribution in [-0.4, -0.2) is 55.7 Å². The summed E-state index contributed by atoms with van der Waals surface area (Å²) in [6.45, 7) is 6.19. The number of ether oxygens (including phenoxy) is 1. The molecule has 1 saturated heterocycles. The van der Waals surface area contributed by atoms with Gasteiger partial charge in [0.25, 0.3) is 0 Å². The molecule has 1 saturated carbocycles. The Labute approximate surface area is 128 Å². The lowest BCUT2D eigenvalue weighted by atomic mass is 9.84. The second-order valence-electron chi connectivity index (χ2n) is 6.49. The lowest BCUT2D eigenvalue weighted by Crippen LogP contribution is -2.57. The highest BCUT2D eigenvalue weighted by molar-refractivity contribution is 5.85. The third-order valence-corrected chi connectivity index (χ3v) is 5.43. The van der Waals surface area contributed by atoms with E-state index in [0.29, 0.717) is 12.0 Å². The van der Waals surface area contributed by atoms with E-state index in [4.69, 9.17) is 10.5 Å². The summed E-state index contributed by atoms with van der Waals surface area (Å²) in [7, 11) is 1.87. The quantitative estimate of drug-likeness (QED) is 0.704. The van der Waals surface area contributed by atoms with Crippen molar-refractivity contribution in [3.05, 3.63) is 0 Å². The van der Waals surface area contributed by atoms with Gasteiger partial charge >= 0.3 is 0 Å². The van der Waals surface area contributed by atoms with Crippen LogP contribution in [0.15, 0.2) is 0 Å². The Morgan fingerprint density at radius 2 is 2.24 bits per heavy atom. The van der Waals surface area contributed by atoms with Gasteiger partial charge in [0, 0.05) is 13.2 Å². The Morgan fingerprint density at radius 3 is 2.81 bits per heavy atom. The number of nitrogens with zero attached hydrogens (tertiary/aromatic N) is 1. The molecule has 0 spiro atoms. The summed E-state index contributed by atoms with van der Waals surface area (Å²) in [5.41, 5.74) is 5.19. The Hall–Kier alpha value is -0.650. The van der Waals surface area contributed by atoms with Crippen molar-refractivity contribution in [2.45, 2.75) is 57.1 Å². The molecule has 5 nitrogen and oxygen atoms in total. The lowest BCUT2D eigenvalue weighted by Gasteiger charge is -2.34. The SMILES string of the molecule is CCN(CCC1CCCC1(NC)C(N)=O)CC1CCCO1. The first-order valence-corrected chi connectivity index (χ1v) is 8.45. The second-order valence-corrected chi connectivity index (χ2v) is 6.49. The van der Waals surface area contributed by atoms with Crippen molar-refractivity contribution in [2.75, 3.05) is 33.3 Å². The molecule has 1 aliphatic carbocycles. The molecule has 0 aromatic heterocycles. The fourth-order valence-electron chi connectivity index (χ4n) is 4.04. The van der Waals surface area contributed by atoms with Gasteiger partial charge in [0.1, 0.15) is 5.54 Å². The summed E-state index contributed by atoms with van der Waals surface area (Å²) in [4.78, 5) is 14.3. The molecule has 0 aromatic carbocycles. The van der Waals surface area contributed by atoms with Gasteiger partial charge in [0.15, 0.2) is 0 Å². The van der Waals surface area contributed by atoms with Crippen molar-refractivity contribution in [1.29, 1.82) is 0 Å². The van der Waals surface area contributed by atoms with E-state index in [2.05, 4.69) is 17.1 Å². The van der Waals surface area contributed by atoms with Gasteiger partial charge in [-0.25, -0.2) is 0 Å². The zero-order valence-corrected chi connectivity index (χ0v) is 13.6. The van der Waals surface area contributed by atoms with Crippen molar-refractivity contribution in [1.82, 2.24) is 10.2 Å². The zero-order chi connectivity index (χ0) is 15.3. The topological polar surface area (TPSA) is 67.6 Å². The third kappa shape index (κ3) is 3.76. The number of hydrogen-bond acceptors (Lipinski definition) is 4. The Bertz CT molecular complexity index is 344. The predicted molar refractivity (Wildman–Crippen MR) is 84.0 cm³/mol. The highest BCUT2D eigenvalue weighted by Gasteiger charge is 2.46. The second kappa shape index (κ2) is 7.56. The number of carbonyl (C=O) groups is 1. The number of hydrogen-bond donors (Lipinski definition) is 2. The van der Waals surface area contributed by atoms with E-state index in [9.17, 15) is 4.79 Å². The Morgan fingerprint density at radius 1 is 1.43 bits per heavy atom. The number of likely N-dealkylation sites (N-methyl/N-ethyl adjacent to an activating group) is 2. The van der Waals surface area contributed by atoms with Crippen LogP contribution in [0.25, 0.3) is 0 Å². The van der Waals surface area contributed by atoms with Crippen LogP contribution < -0.4 is 11.1 Å². The summed E-state index contributed by atoms with van der Waals surface area (Å²) in [6, 6.07) is 0. The van der Waals surface area contributed by atoms with Gasteiger partial charge in [0.05, 0.1) is 6.10 Å². The number of nitrogens with two attached hydrogens (primary N) is 1. The van der Waals surface area contributed by atoms with E-state index < -0.39 is 5.54 Å². The molecule has 5 heteroatoms. The maximum Gasteiger partial charge on any atom is 0.238 e. The van der Waals surface area contributed by atoms with E-state index in [-0.39, 0.29) is 5.91 Å². The van der Waals surface area contributed by atoms with E-state index in [0.717, 1.165) is 51.9 Å². The molecular weight excluding hydrogens is 266 g/mol. The van der Waals surface area contributed by atoms with E-state index >= 15 is 0 Å². The van der Waals surface area contributed by atoms with Gasteiger partial charge in [-0.2, -0.15) is 0 Å². The molecular formula is C16H31N3O2. The van der Waals surface area contributed by atoms with Crippen LogP contribution in [0, 0.1) is 5.92 Å². The number of nitrogens with one attached hydrogen (secondary N) is 1. The monoisotopic (exact) mass is 297 g/mol. The van der Waals surface area contributed by atoms with Crippen LogP contribution >= 0.6 is 0 Å². The van der Waals surface area contributed by atoms with Crippen LogP contribution in [0.3, 0.4) is 0 Å². The molecule has 122 valence electrons. The molecule has 3 N–H and O–H groups in total. The minimum absolute atomic E-state index is 0.185. The van der Waals surface area contributed by atoms with Gasteiger partial charge < -0.3 is 20.7 Å². The van der Waals surface area contributed by atoms with Crippen LogP contribution in [0.4, 0.5) is 0 Å². The molecule has 3 unspecified atom stereocenters. The largest absolute Gasteiger partial charge is 0.377 e. The smallest absolute Gasteiger partial charge is 0.238 e. The lowest BCUT2D eigenvalue weighted by molar-refractivity contribution is -0.125. The van der Waals surface area contributed by atoms with E-state index in [1.54, 1.807) is 0 Å². The number of amides is 1. The van der Waals surface area contributed by atoms with Gasteiger partial charge in [-0.1, -0.05) is 13.3 Å². The summed E-state index contributed by atoms with van der Waals surface area (Å²) >= 11 is 0. The maximum atomic E-state index is 11.9. The standard InChI is InChI=1S/C16H31N3O2/c1-3-19(12-14-7-5-11-21-14)10-8-13-6-4-9-16(13,18-2)15(17)20/h13-14,18H,3-12H2,1-2H3,(H2,17,20). The van der Waals surface area contributed by atoms with Crippen LogP contribution in [-0.2, 0) is 9.53 Å². The normalized spacial score (nSPS) is 32.9. The molecule has 0 radical (unpaired) electrons. The van der Waals surface area contributed by atoms with Crippen molar-refractivity contribution >= 4 is 5.91 Å². The zero-order valence-electron chi connectivity index (χ0n) is 13.6. The Kier molecular flexibility index (Phi) is 6.02. The fraction of sp³-hybridized carbons (Fsp3) is 0.938. The van der Waals surface area contributed by atoms with Gasteiger partial charge in [-0.15, -0.1) is 0 Å². The maximum absolute atomic E-state index is 11.9. The molecule has 0 bridgehead atoms. The van der Waals surface area contributed by atoms with E-state index in [1.807, 2.05) is 7.05 Å². The first kappa shape index (κ1) is 16.7.